The Morgan fingerprint density at radius 2 is 2.00 bits per heavy atom. The molecule has 0 saturated carbocycles. The zero-order chi connectivity index (χ0) is 16.7. The molecule has 1 amide bonds. The fraction of sp³-hybridized carbons (Fsp3) is 0.941. The first-order valence-electron chi connectivity index (χ1n) is 9.13. The van der Waals surface area contributed by atoms with E-state index in [1.807, 2.05) is 11.8 Å². The van der Waals surface area contributed by atoms with Gasteiger partial charge in [-0.1, -0.05) is 13.8 Å². The lowest BCUT2D eigenvalue weighted by Crippen LogP contribution is -2.57. The van der Waals surface area contributed by atoms with Crippen LogP contribution in [0.5, 0.6) is 0 Å². The van der Waals surface area contributed by atoms with Gasteiger partial charge in [0.2, 0.25) is 5.91 Å². The number of carbonyl (C=O) groups is 1. The Kier molecular flexibility index (Phi) is 7.76. The normalized spacial score (nSPS) is 26.7. The molecule has 0 unspecified atom stereocenters. The SMILES string of the molecule is CCN(CC)CCOC1CCN(C(=O)[C@H]2NCCO[C@@H]2C)CC1. The van der Waals surface area contributed by atoms with Crippen molar-refractivity contribution in [3.05, 3.63) is 0 Å². The lowest BCUT2D eigenvalue weighted by atomic mass is 10.0. The molecule has 0 aromatic rings. The van der Waals surface area contributed by atoms with Gasteiger partial charge in [0.05, 0.1) is 25.4 Å². The van der Waals surface area contributed by atoms with Crippen molar-refractivity contribution in [1.82, 2.24) is 15.1 Å². The number of carbonyl (C=O) groups excluding carboxylic acids is 1. The van der Waals surface area contributed by atoms with E-state index < -0.39 is 0 Å². The topological polar surface area (TPSA) is 54.0 Å². The first kappa shape index (κ1) is 18.6. The summed E-state index contributed by atoms with van der Waals surface area (Å²) in [5.41, 5.74) is 0. The highest BCUT2D eigenvalue weighted by Gasteiger charge is 2.33. The molecule has 134 valence electrons. The summed E-state index contributed by atoms with van der Waals surface area (Å²) in [4.78, 5) is 16.9. The smallest absolute Gasteiger partial charge is 0.242 e. The number of nitrogens with zero attached hydrogens (tertiary/aromatic N) is 2. The van der Waals surface area contributed by atoms with Crippen molar-refractivity contribution in [2.24, 2.45) is 0 Å². The minimum atomic E-state index is -0.191. The Morgan fingerprint density at radius 1 is 1.30 bits per heavy atom. The predicted octanol–water partition coefficient (Wildman–Crippen LogP) is 0.713. The van der Waals surface area contributed by atoms with E-state index in [0.717, 1.165) is 58.7 Å². The summed E-state index contributed by atoms with van der Waals surface area (Å²) in [7, 11) is 0. The van der Waals surface area contributed by atoms with Crippen LogP contribution in [0.2, 0.25) is 0 Å². The van der Waals surface area contributed by atoms with Gasteiger partial charge in [-0.3, -0.25) is 4.79 Å². The molecule has 0 bridgehead atoms. The van der Waals surface area contributed by atoms with Crippen LogP contribution in [0.4, 0.5) is 0 Å². The van der Waals surface area contributed by atoms with Crippen LogP contribution in [0.3, 0.4) is 0 Å². The Bertz CT molecular complexity index is 355. The first-order valence-corrected chi connectivity index (χ1v) is 9.13. The lowest BCUT2D eigenvalue weighted by molar-refractivity contribution is -0.142. The van der Waals surface area contributed by atoms with E-state index in [2.05, 4.69) is 24.1 Å². The summed E-state index contributed by atoms with van der Waals surface area (Å²) in [6, 6.07) is -0.191. The minimum Gasteiger partial charge on any atom is -0.377 e. The van der Waals surface area contributed by atoms with Crippen molar-refractivity contribution in [1.29, 1.82) is 0 Å². The second-order valence-electron chi connectivity index (χ2n) is 6.43. The summed E-state index contributed by atoms with van der Waals surface area (Å²) in [6.45, 7) is 13.3. The first-order chi connectivity index (χ1) is 11.2. The Morgan fingerprint density at radius 3 is 2.61 bits per heavy atom. The number of piperidine rings is 1. The third kappa shape index (κ3) is 5.41. The number of amides is 1. The van der Waals surface area contributed by atoms with E-state index in [0.29, 0.717) is 12.7 Å². The van der Waals surface area contributed by atoms with Gasteiger partial charge in [0, 0.05) is 26.2 Å². The average Bonchev–Trinajstić information content (AvgIpc) is 2.59. The largest absolute Gasteiger partial charge is 0.377 e. The van der Waals surface area contributed by atoms with Crippen molar-refractivity contribution in [2.45, 2.75) is 51.9 Å². The number of morpholine rings is 1. The standard InChI is InChI=1S/C17H33N3O3/c1-4-19(5-2)11-13-23-15-6-9-20(10-7-15)17(21)16-14(3)22-12-8-18-16/h14-16,18H,4-13H2,1-3H3/t14-,16+/m1/s1. The van der Waals surface area contributed by atoms with Gasteiger partial charge in [0.15, 0.2) is 0 Å². The van der Waals surface area contributed by atoms with Gasteiger partial charge in [-0.05, 0) is 32.9 Å². The summed E-state index contributed by atoms with van der Waals surface area (Å²) in [6.07, 6.45) is 2.12. The molecule has 0 aromatic carbocycles. The van der Waals surface area contributed by atoms with Gasteiger partial charge in [0.1, 0.15) is 6.04 Å². The minimum absolute atomic E-state index is 0.0423. The maximum Gasteiger partial charge on any atom is 0.242 e. The molecule has 2 aliphatic heterocycles. The highest BCUT2D eigenvalue weighted by atomic mass is 16.5. The Balaban J connectivity index is 1.68. The second kappa shape index (κ2) is 9.57. The molecule has 0 radical (unpaired) electrons. The molecular formula is C17H33N3O3. The molecule has 1 N–H and O–H groups in total. The average molecular weight is 327 g/mol. The zero-order valence-electron chi connectivity index (χ0n) is 14.9. The van der Waals surface area contributed by atoms with Crippen LogP contribution in [-0.4, -0.2) is 86.4 Å². The van der Waals surface area contributed by atoms with Gasteiger partial charge >= 0.3 is 0 Å². The van der Waals surface area contributed by atoms with Crippen LogP contribution in [0.25, 0.3) is 0 Å². The van der Waals surface area contributed by atoms with Gasteiger partial charge < -0.3 is 24.6 Å². The van der Waals surface area contributed by atoms with Crippen LogP contribution in [0.15, 0.2) is 0 Å². The van der Waals surface area contributed by atoms with Crippen molar-refractivity contribution >= 4 is 5.91 Å². The number of rotatable bonds is 7. The lowest BCUT2D eigenvalue weighted by Gasteiger charge is -2.37. The van der Waals surface area contributed by atoms with E-state index in [1.54, 1.807) is 0 Å². The molecule has 6 heteroatoms. The number of hydrogen-bond donors (Lipinski definition) is 1. The number of likely N-dealkylation sites (tertiary alicyclic amines) is 1. The van der Waals surface area contributed by atoms with Crippen molar-refractivity contribution in [3.8, 4) is 0 Å². The molecule has 2 aliphatic rings. The summed E-state index contributed by atoms with van der Waals surface area (Å²) in [5.74, 6) is 0.179. The van der Waals surface area contributed by atoms with Gasteiger partial charge in [0.25, 0.3) is 0 Å². The van der Waals surface area contributed by atoms with E-state index in [-0.39, 0.29) is 18.1 Å². The molecule has 2 atom stereocenters. The molecule has 6 nitrogen and oxygen atoms in total. The second-order valence-corrected chi connectivity index (χ2v) is 6.43. The van der Waals surface area contributed by atoms with Crippen LogP contribution in [-0.2, 0) is 14.3 Å². The molecule has 2 saturated heterocycles. The predicted molar refractivity (Wildman–Crippen MR) is 90.5 cm³/mol. The maximum absolute atomic E-state index is 12.6. The summed E-state index contributed by atoms with van der Waals surface area (Å²) >= 11 is 0. The molecule has 0 aliphatic carbocycles. The molecule has 0 spiro atoms. The fourth-order valence-electron chi connectivity index (χ4n) is 3.34. The molecular weight excluding hydrogens is 294 g/mol. The zero-order valence-corrected chi connectivity index (χ0v) is 14.9. The maximum atomic E-state index is 12.6. The van der Waals surface area contributed by atoms with Crippen LogP contribution >= 0.6 is 0 Å². The third-order valence-electron chi connectivity index (χ3n) is 4.99. The number of hydrogen-bond acceptors (Lipinski definition) is 5. The van der Waals surface area contributed by atoms with Crippen molar-refractivity contribution < 1.29 is 14.3 Å². The molecule has 23 heavy (non-hydrogen) atoms. The molecule has 2 fully saturated rings. The Labute approximate surface area is 140 Å². The van der Waals surface area contributed by atoms with E-state index >= 15 is 0 Å². The van der Waals surface area contributed by atoms with Gasteiger partial charge in [-0.15, -0.1) is 0 Å². The number of ether oxygens (including phenoxy) is 2. The van der Waals surface area contributed by atoms with Crippen molar-refractivity contribution in [3.63, 3.8) is 0 Å². The van der Waals surface area contributed by atoms with E-state index in [9.17, 15) is 4.79 Å². The van der Waals surface area contributed by atoms with Crippen LogP contribution in [0, 0.1) is 0 Å². The fourth-order valence-corrected chi connectivity index (χ4v) is 3.34. The number of nitrogens with one attached hydrogen (secondary N) is 1. The quantitative estimate of drug-likeness (QED) is 0.746. The van der Waals surface area contributed by atoms with Gasteiger partial charge in [-0.2, -0.15) is 0 Å². The van der Waals surface area contributed by atoms with Gasteiger partial charge in [-0.25, -0.2) is 0 Å². The van der Waals surface area contributed by atoms with E-state index in [1.165, 1.54) is 0 Å². The monoisotopic (exact) mass is 327 g/mol. The van der Waals surface area contributed by atoms with Crippen LogP contribution < -0.4 is 5.32 Å². The van der Waals surface area contributed by atoms with E-state index in [4.69, 9.17) is 9.47 Å². The molecule has 0 aromatic heterocycles. The van der Waals surface area contributed by atoms with Crippen molar-refractivity contribution in [2.75, 3.05) is 52.5 Å². The van der Waals surface area contributed by atoms with Crippen LogP contribution in [0.1, 0.15) is 33.6 Å². The highest BCUT2D eigenvalue weighted by molar-refractivity contribution is 5.82. The number of likely N-dealkylation sites (N-methyl/N-ethyl adjacent to an activating group) is 1. The Hall–Kier alpha value is -0.690. The summed E-state index contributed by atoms with van der Waals surface area (Å²) < 4.78 is 11.6. The third-order valence-corrected chi connectivity index (χ3v) is 4.99. The highest BCUT2D eigenvalue weighted by Crippen LogP contribution is 2.16. The molecule has 2 rings (SSSR count). The summed E-state index contributed by atoms with van der Waals surface area (Å²) in [5, 5.41) is 3.28. The molecule has 2 heterocycles.